The van der Waals surface area contributed by atoms with Crippen LogP contribution in [-0.4, -0.2) is 44.7 Å². The zero-order valence-electron chi connectivity index (χ0n) is 17.8. The maximum atomic E-state index is 13.4. The van der Waals surface area contributed by atoms with E-state index in [4.69, 9.17) is 10.5 Å². The summed E-state index contributed by atoms with van der Waals surface area (Å²) in [6.45, 7) is 2.95. The Kier molecular flexibility index (Phi) is 8.85. The summed E-state index contributed by atoms with van der Waals surface area (Å²) in [5.74, 6) is -2.99. The Morgan fingerprint density at radius 1 is 1.25 bits per heavy atom. The molecule has 2 aromatic rings. The molecule has 10 nitrogen and oxygen atoms in total. The number of rotatable bonds is 10. The van der Waals surface area contributed by atoms with Gasteiger partial charge < -0.3 is 20.9 Å². The van der Waals surface area contributed by atoms with Gasteiger partial charge >= 0.3 is 11.7 Å². The van der Waals surface area contributed by atoms with Crippen LogP contribution in [0.15, 0.2) is 46.1 Å². The van der Waals surface area contributed by atoms with Gasteiger partial charge in [-0.2, -0.15) is 4.39 Å². The van der Waals surface area contributed by atoms with E-state index in [1.54, 1.807) is 4.98 Å². The van der Waals surface area contributed by atoms with Crippen LogP contribution in [0.25, 0.3) is 0 Å². The molecule has 0 radical (unpaired) electrons. The molecular formula is C21H27FN4O6. The van der Waals surface area contributed by atoms with Crippen LogP contribution in [0, 0.1) is 11.7 Å². The summed E-state index contributed by atoms with van der Waals surface area (Å²) in [5, 5.41) is 12.7. The molecule has 0 fully saturated rings. The number of aromatic nitrogens is 2. The maximum Gasteiger partial charge on any atom is 0.331 e. The monoisotopic (exact) mass is 450 g/mol. The number of aromatic amines is 1. The quantitative estimate of drug-likeness (QED) is 0.360. The number of ether oxygens (including phenoxy) is 1. The van der Waals surface area contributed by atoms with Gasteiger partial charge in [0.1, 0.15) is 12.1 Å². The number of halogens is 1. The molecule has 0 unspecified atom stereocenters. The van der Waals surface area contributed by atoms with E-state index in [9.17, 15) is 28.7 Å². The molecule has 11 heteroatoms. The number of benzene rings is 1. The Morgan fingerprint density at radius 3 is 2.53 bits per heavy atom. The predicted octanol–water partition coefficient (Wildman–Crippen LogP) is -0.362. The molecule has 0 aliphatic carbocycles. The average Bonchev–Trinajstić information content (AvgIpc) is 2.74. The van der Waals surface area contributed by atoms with Gasteiger partial charge in [-0.3, -0.25) is 19.1 Å². The van der Waals surface area contributed by atoms with Crippen LogP contribution < -0.4 is 22.3 Å². The molecule has 0 bridgehead atoms. The fourth-order valence-electron chi connectivity index (χ4n) is 2.95. The fourth-order valence-corrected chi connectivity index (χ4v) is 2.95. The summed E-state index contributed by atoms with van der Waals surface area (Å²) < 4.78 is 19.0. The average molecular weight is 450 g/mol. The normalized spacial score (nSPS) is 13.9. The second kappa shape index (κ2) is 11.3. The first-order valence-corrected chi connectivity index (χ1v) is 10.0. The lowest BCUT2D eigenvalue weighted by atomic mass is 10.00. The number of H-pyrrole nitrogens is 1. The molecule has 2 rings (SSSR count). The molecule has 0 aliphatic heterocycles. The minimum atomic E-state index is -1.58. The maximum absolute atomic E-state index is 13.4. The van der Waals surface area contributed by atoms with Crippen LogP contribution >= 0.6 is 0 Å². The summed E-state index contributed by atoms with van der Waals surface area (Å²) in [5.41, 5.74) is 4.63. The summed E-state index contributed by atoms with van der Waals surface area (Å²) >= 11 is 0. The van der Waals surface area contributed by atoms with Crippen molar-refractivity contribution < 1.29 is 23.8 Å². The Hall–Kier alpha value is -3.31. The van der Waals surface area contributed by atoms with E-state index >= 15 is 0 Å². The zero-order valence-corrected chi connectivity index (χ0v) is 17.8. The van der Waals surface area contributed by atoms with Crippen LogP contribution in [0.5, 0.6) is 0 Å². The van der Waals surface area contributed by atoms with E-state index in [-0.39, 0.29) is 18.8 Å². The molecule has 1 aromatic heterocycles. The van der Waals surface area contributed by atoms with E-state index in [1.165, 1.54) is 0 Å². The number of hydrogen-bond donors (Lipinski definition) is 4. The lowest BCUT2D eigenvalue weighted by Gasteiger charge is -2.23. The number of esters is 1. The number of carbonyl (C=O) groups excluding carboxylic acids is 2. The first-order chi connectivity index (χ1) is 15.1. The molecule has 0 saturated carbocycles. The van der Waals surface area contributed by atoms with Crippen molar-refractivity contribution in [2.45, 2.75) is 51.6 Å². The summed E-state index contributed by atoms with van der Waals surface area (Å²) in [4.78, 5) is 49.5. The van der Waals surface area contributed by atoms with E-state index in [2.05, 4.69) is 5.32 Å². The second-order valence-electron chi connectivity index (χ2n) is 7.79. The topological polar surface area (TPSA) is 157 Å². The van der Waals surface area contributed by atoms with Crippen LogP contribution in [0.4, 0.5) is 4.39 Å². The van der Waals surface area contributed by atoms with Gasteiger partial charge in [0.2, 0.25) is 5.82 Å². The van der Waals surface area contributed by atoms with Crippen molar-refractivity contribution in [3.8, 4) is 0 Å². The Labute approximate surface area is 183 Å². The smallest absolute Gasteiger partial charge is 0.331 e. The number of amides is 1. The van der Waals surface area contributed by atoms with Gasteiger partial charge in [0, 0.05) is 6.04 Å². The molecule has 32 heavy (non-hydrogen) atoms. The van der Waals surface area contributed by atoms with Crippen molar-refractivity contribution in [2.24, 2.45) is 11.7 Å². The third-order valence-electron chi connectivity index (χ3n) is 4.61. The highest BCUT2D eigenvalue weighted by Gasteiger charge is 2.29. The first-order valence-electron chi connectivity index (χ1n) is 10.0. The van der Waals surface area contributed by atoms with E-state index in [0.29, 0.717) is 10.8 Å². The molecule has 0 aliphatic rings. The summed E-state index contributed by atoms with van der Waals surface area (Å²) in [7, 11) is 0. The third kappa shape index (κ3) is 7.13. The summed E-state index contributed by atoms with van der Waals surface area (Å²) in [6.07, 6.45) is -0.541. The summed E-state index contributed by atoms with van der Waals surface area (Å²) in [6, 6.07) is 7.03. The molecule has 0 saturated heterocycles. The molecule has 1 heterocycles. The van der Waals surface area contributed by atoms with Crippen molar-refractivity contribution >= 4 is 11.9 Å². The number of nitrogens with one attached hydrogen (secondary N) is 2. The van der Waals surface area contributed by atoms with Crippen molar-refractivity contribution in [3.63, 3.8) is 0 Å². The van der Waals surface area contributed by atoms with E-state index in [1.807, 2.05) is 44.2 Å². The fraction of sp³-hybridized carbons (Fsp3) is 0.429. The lowest BCUT2D eigenvalue weighted by molar-refractivity contribution is -0.153. The van der Waals surface area contributed by atoms with Crippen LogP contribution in [-0.2, 0) is 27.5 Å². The molecule has 174 valence electrons. The van der Waals surface area contributed by atoms with Gasteiger partial charge in [-0.15, -0.1) is 0 Å². The van der Waals surface area contributed by atoms with Crippen molar-refractivity contribution in [2.75, 3.05) is 0 Å². The van der Waals surface area contributed by atoms with E-state index in [0.717, 1.165) is 5.56 Å². The standard InChI is InChI=1S/C21H27FN4O6/c1-12(2)8-16(20(30)32-11-26-10-14(22)18(28)25-21(26)31)24-19(29)17(27)15(23)9-13-6-4-3-5-7-13/h3-7,10,12,15-17,27H,8-9,11,23H2,1-2H3,(H,24,29)(H,25,28,31)/t15-,16+,17+/m1/s1. The van der Waals surface area contributed by atoms with Crippen LogP contribution in [0.1, 0.15) is 25.8 Å². The van der Waals surface area contributed by atoms with Gasteiger partial charge in [0.25, 0.3) is 11.5 Å². The van der Waals surface area contributed by atoms with Crippen LogP contribution in [0.2, 0.25) is 0 Å². The third-order valence-corrected chi connectivity index (χ3v) is 4.61. The molecular weight excluding hydrogens is 423 g/mol. The van der Waals surface area contributed by atoms with Gasteiger partial charge in [-0.1, -0.05) is 44.2 Å². The lowest BCUT2D eigenvalue weighted by Crippen LogP contribution is -2.52. The second-order valence-corrected chi connectivity index (χ2v) is 7.79. The van der Waals surface area contributed by atoms with Crippen molar-refractivity contribution in [1.82, 2.24) is 14.9 Å². The number of carbonyl (C=O) groups is 2. The molecule has 0 spiro atoms. The number of aliphatic hydroxyl groups excluding tert-OH is 1. The van der Waals surface area contributed by atoms with E-state index < -0.39 is 53.9 Å². The Morgan fingerprint density at radius 2 is 1.91 bits per heavy atom. The predicted molar refractivity (Wildman–Crippen MR) is 113 cm³/mol. The largest absolute Gasteiger partial charge is 0.442 e. The Balaban J connectivity index is 2.02. The van der Waals surface area contributed by atoms with Gasteiger partial charge in [-0.05, 0) is 24.3 Å². The molecule has 3 atom stereocenters. The van der Waals surface area contributed by atoms with Gasteiger partial charge in [0.15, 0.2) is 6.73 Å². The van der Waals surface area contributed by atoms with Crippen molar-refractivity contribution in [1.29, 1.82) is 0 Å². The number of hydrogen-bond acceptors (Lipinski definition) is 7. The van der Waals surface area contributed by atoms with Gasteiger partial charge in [-0.25, -0.2) is 9.59 Å². The first kappa shape index (κ1) is 25.0. The zero-order chi connectivity index (χ0) is 23.8. The highest BCUT2D eigenvalue weighted by Crippen LogP contribution is 2.09. The number of aliphatic hydroxyl groups is 1. The minimum absolute atomic E-state index is 0.0313. The van der Waals surface area contributed by atoms with Gasteiger partial charge in [0.05, 0.1) is 6.20 Å². The minimum Gasteiger partial charge on any atom is -0.442 e. The molecule has 5 N–H and O–H groups in total. The SMILES string of the molecule is CC(C)C[C@H](NC(=O)[C@@H](O)[C@H](N)Cc1ccccc1)C(=O)OCn1cc(F)c(=O)[nH]c1=O. The number of nitrogens with two attached hydrogens (primary N) is 1. The number of nitrogens with zero attached hydrogens (tertiary/aromatic N) is 1. The molecule has 1 amide bonds. The van der Waals surface area contributed by atoms with Crippen molar-refractivity contribution in [3.05, 3.63) is 68.7 Å². The highest BCUT2D eigenvalue weighted by atomic mass is 19.1. The Bertz CT molecular complexity index is 1040. The highest BCUT2D eigenvalue weighted by molar-refractivity contribution is 5.87. The van der Waals surface area contributed by atoms with Crippen LogP contribution in [0.3, 0.4) is 0 Å². The molecule has 1 aromatic carbocycles.